The van der Waals surface area contributed by atoms with Crippen molar-refractivity contribution in [1.29, 1.82) is 0 Å². The van der Waals surface area contributed by atoms with Crippen LogP contribution in [0.25, 0.3) is 0 Å². The molecule has 0 radical (unpaired) electrons. The lowest BCUT2D eigenvalue weighted by molar-refractivity contribution is 0.491. The summed E-state index contributed by atoms with van der Waals surface area (Å²) < 4.78 is 3.91. The smallest absolute Gasteiger partial charge is 0.125 e. The molecule has 2 aromatic heterocycles. The van der Waals surface area contributed by atoms with Crippen LogP contribution in [0.1, 0.15) is 30.8 Å². The van der Waals surface area contributed by atoms with Crippen molar-refractivity contribution in [2.45, 2.75) is 25.8 Å². The molecule has 5 heteroatoms. The van der Waals surface area contributed by atoms with E-state index in [1.165, 1.54) is 5.56 Å². The highest BCUT2D eigenvalue weighted by Gasteiger charge is 2.16. The molecule has 5 nitrogen and oxygen atoms in total. The summed E-state index contributed by atoms with van der Waals surface area (Å²) in [6.45, 7) is 3.17. The molecule has 1 atom stereocenters. The Morgan fingerprint density at radius 3 is 2.78 bits per heavy atom. The van der Waals surface area contributed by atoms with E-state index < -0.39 is 0 Å². The van der Waals surface area contributed by atoms with Gasteiger partial charge in [-0.25, -0.2) is 4.98 Å². The zero-order valence-corrected chi connectivity index (χ0v) is 11.3. The number of aryl methyl sites for hydroxylation is 2. The predicted molar refractivity (Wildman–Crippen MR) is 71.2 cm³/mol. The zero-order chi connectivity index (χ0) is 13.0. The van der Waals surface area contributed by atoms with Gasteiger partial charge in [-0.15, -0.1) is 0 Å². The van der Waals surface area contributed by atoms with Crippen LogP contribution in [0.5, 0.6) is 0 Å². The second-order valence-electron chi connectivity index (χ2n) is 4.63. The predicted octanol–water partition coefficient (Wildman–Crippen LogP) is 1.44. The zero-order valence-electron chi connectivity index (χ0n) is 11.3. The van der Waals surface area contributed by atoms with Crippen molar-refractivity contribution in [3.63, 3.8) is 0 Å². The molecule has 0 fully saturated rings. The standard InChI is InChI=1S/C13H21N5/c1-4-5-14-12(13-15-6-7-17(13)2)8-11-9-16-18(3)10-11/h6-7,9-10,12,14H,4-5,8H2,1-3H3. The fourth-order valence-corrected chi connectivity index (χ4v) is 2.10. The molecular formula is C13H21N5. The summed E-state index contributed by atoms with van der Waals surface area (Å²) in [6, 6.07) is 0.245. The third-order valence-electron chi connectivity index (χ3n) is 3.01. The lowest BCUT2D eigenvalue weighted by atomic mass is 10.1. The van der Waals surface area contributed by atoms with Crippen molar-refractivity contribution in [1.82, 2.24) is 24.6 Å². The summed E-state index contributed by atoms with van der Waals surface area (Å²) >= 11 is 0. The molecule has 2 heterocycles. The topological polar surface area (TPSA) is 47.7 Å². The third-order valence-corrected chi connectivity index (χ3v) is 3.01. The van der Waals surface area contributed by atoms with Crippen molar-refractivity contribution in [2.24, 2.45) is 14.1 Å². The Morgan fingerprint density at radius 2 is 2.22 bits per heavy atom. The molecule has 1 N–H and O–H groups in total. The summed E-state index contributed by atoms with van der Waals surface area (Å²) in [6.07, 6.45) is 9.85. The van der Waals surface area contributed by atoms with Crippen LogP contribution in [0.15, 0.2) is 24.8 Å². The van der Waals surface area contributed by atoms with Crippen LogP contribution in [0.2, 0.25) is 0 Å². The van der Waals surface area contributed by atoms with Gasteiger partial charge in [-0.1, -0.05) is 6.92 Å². The fraction of sp³-hybridized carbons (Fsp3) is 0.538. The highest BCUT2D eigenvalue weighted by atomic mass is 15.2. The van der Waals surface area contributed by atoms with Gasteiger partial charge in [0.1, 0.15) is 5.82 Å². The van der Waals surface area contributed by atoms with Gasteiger partial charge in [-0.3, -0.25) is 4.68 Å². The molecule has 0 amide bonds. The van der Waals surface area contributed by atoms with E-state index in [1.807, 2.05) is 37.4 Å². The fourth-order valence-electron chi connectivity index (χ4n) is 2.10. The van der Waals surface area contributed by atoms with E-state index in [4.69, 9.17) is 0 Å². The average molecular weight is 247 g/mol. The Labute approximate surface area is 108 Å². The Bertz CT molecular complexity index is 485. The monoisotopic (exact) mass is 247 g/mol. The van der Waals surface area contributed by atoms with E-state index in [0.29, 0.717) is 0 Å². The van der Waals surface area contributed by atoms with Crippen molar-refractivity contribution in [2.75, 3.05) is 6.54 Å². The minimum Gasteiger partial charge on any atom is -0.337 e. The molecule has 18 heavy (non-hydrogen) atoms. The van der Waals surface area contributed by atoms with E-state index >= 15 is 0 Å². The first-order valence-electron chi connectivity index (χ1n) is 6.38. The van der Waals surface area contributed by atoms with Crippen LogP contribution in [0, 0.1) is 0 Å². The highest BCUT2D eigenvalue weighted by molar-refractivity contribution is 5.10. The van der Waals surface area contributed by atoms with Crippen molar-refractivity contribution < 1.29 is 0 Å². The number of rotatable bonds is 6. The van der Waals surface area contributed by atoms with Crippen molar-refractivity contribution >= 4 is 0 Å². The largest absolute Gasteiger partial charge is 0.337 e. The molecule has 1 unspecified atom stereocenters. The molecular weight excluding hydrogens is 226 g/mol. The Balaban J connectivity index is 2.12. The molecule has 0 bridgehead atoms. The third kappa shape index (κ3) is 2.98. The molecule has 0 spiro atoms. The van der Waals surface area contributed by atoms with Gasteiger partial charge in [0.25, 0.3) is 0 Å². The van der Waals surface area contributed by atoms with Gasteiger partial charge in [0.15, 0.2) is 0 Å². The number of nitrogens with zero attached hydrogens (tertiary/aromatic N) is 4. The van der Waals surface area contributed by atoms with E-state index in [2.05, 4.69) is 33.1 Å². The first kappa shape index (κ1) is 12.8. The number of imidazole rings is 1. The maximum Gasteiger partial charge on any atom is 0.125 e. The Hall–Kier alpha value is -1.62. The number of aromatic nitrogens is 4. The molecule has 0 aliphatic rings. The first-order chi connectivity index (χ1) is 8.70. The SMILES string of the molecule is CCCNC(Cc1cnn(C)c1)c1nccn1C. The second kappa shape index (κ2) is 5.82. The van der Waals surface area contributed by atoms with E-state index in [-0.39, 0.29) is 6.04 Å². The van der Waals surface area contributed by atoms with Gasteiger partial charge in [0.2, 0.25) is 0 Å². The molecule has 0 saturated carbocycles. The quantitative estimate of drug-likeness (QED) is 0.840. The Kier molecular flexibility index (Phi) is 4.15. The first-order valence-corrected chi connectivity index (χ1v) is 6.38. The summed E-state index contributed by atoms with van der Waals surface area (Å²) in [7, 11) is 3.98. The van der Waals surface area contributed by atoms with Gasteiger partial charge in [0.05, 0.1) is 12.2 Å². The minimum atomic E-state index is 0.245. The van der Waals surface area contributed by atoms with E-state index in [9.17, 15) is 0 Å². The van der Waals surface area contributed by atoms with Gasteiger partial charge < -0.3 is 9.88 Å². The highest BCUT2D eigenvalue weighted by Crippen LogP contribution is 2.16. The van der Waals surface area contributed by atoms with Gasteiger partial charge in [-0.2, -0.15) is 5.10 Å². The van der Waals surface area contributed by atoms with Crippen LogP contribution in [-0.2, 0) is 20.5 Å². The lowest BCUT2D eigenvalue weighted by Gasteiger charge is -2.17. The van der Waals surface area contributed by atoms with Gasteiger partial charge in [-0.05, 0) is 24.9 Å². The summed E-state index contributed by atoms with van der Waals surface area (Å²) in [5.74, 6) is 1.08. The van der Waals surface area contributed by atoms with Crippen LogP contribution in [0.4, 0.5) is 0 Å². The van der Waals surface area contributed by atoms with Crippen molar-refractivity contribution in [3.05, 3.63) is 36.2 Å². The second-order valence-corrected chi connectivity index (χ2v) is 4.63. The maximum atomic E-state index is 4.45. The molecule has 0 aromatic carbocycles. The van der Waals surface area contributed by atoms with E-state index in [1.54, 1.807) is 0 Å². The van der Waals surface area contributed by atoms with Gasteiger partial charge >= 0.3 is 0 Å². The van der Waals surface area contributed by atoms with Crippen molar-refractivity contribution in [3.8, 4) is 0 Å². The minimum absolute atomic E-state index is 0.245. The lowest BCUT2D eigenvalue weighted by Crippen LogP contribution is -2.26. The van der Waals surface area contributed by atoms with Crippen LogP contribution in [-0.4, -0.2) is 25.9 Å². The maximum absolute atomic E-state index is 4.45. The number of nitrogens with one attached hydrogen (secondary N) is 1. The van der Waals surface area contributed by atoms with Gasteiger partial charge in [0, 0.05) is 32.7 Å². The molecule has 0 saturated heterocycles. The summed E-state index contributed by atoms with van der Waals surface area (Å²) in [5.41, 5.74) is 1.23. The van der Waals surface area contributed by atoms with Crippen LogP contribution < -0.4 is 5.32 Å². The van der Waals surface area contributed by atoms with Crippen LogP contribution >= 0.6 is 0 Å². The Morgan fingerprint density at radius 1 is 1.39 bits per heavy atom. The normalized spacial score (nSPS) is 12.8. The summed E-state index contributed by atoms with van der Waals surface area (Å²) in [4.78, 5) is 4.45. The van der Waals surface area contributed by atoms with E-state index in [0.717, 1.165) is 25.2 Å². The molecule has 2 aromatic rings. The molecule has 0 aliphatic heterocycles. The van der Waals surface area contributed by atoms with Crippen LogP contribution in [0.3, 0.4) is 0 Å². The molecule has 2 rings (SSSR count). The number of hydrogen-bond acceptors (Lipinski definition) is 3. The average Bonchev–Trinajstić information content (AvgIpc) is 2.93. The molecule has 98 valence electrons. The summed E-state index contributed by atoms with van der Waals surface area (Å²) in [5, 5.41) is 7.77. The number of hydrogen-bond donors (Lipinski definition) is 1. The molecule has 0 aliphatic carbocycles.